The highest BCUT2D eigenvalue weighted by Gasteiger charge is 2.26. The van der Waals surface area contributed by atoms with Gasteiger partial charge in [-0.15, -0.1) is 0 Å². The second-order valence-corrected chi connectivity index (χ2v) is 4.98. The Morgan fingerprint density at radius 3 is 3.19 bits per heavy atom. The van der Waals surface area contributed by atoms with E-state index in [0.29, 0.717) is 0 Å². The summed E-state index contributed by atoms with van der Waals surface area (Å²) in [6.45, 7) is 1.24. The van der Waals surface area contributed by atoms with E-state index in [2.05, 4.69) is 21.4 Å². The number of hydrogen-bond donors (Lipinski definition) is 1. The van der Waals surface area contributed by atoms with Crippen LogP contribution in [0.3, 0.4) is 0 Å². The van der Waals surface area contributed by atoms with E-state index < -0.39 is 0 Å². The molecule has 3 rings (SSSR count). The van der Waals surface area contributed by atoms with Crippen LogP contribution in [-0.4, -0.2) is 28.7 Å². The van der Waals surface area contributed by atoms with Crippen molar-refractivity contribution in [3.05, 3.63) is 24.3 Å². The normalized spacial score (nSPS) is 20.8. The van der Waals surface area contributed by atoms with Gasteiger partial charge in [0.1, 0.15) is 5.82 Å². The third-order valence-electron chi connectivity index (χ3n) is 3.22. The molecule has 2 aromatic rings. The molecule has 1 fully saturated rings. The molecule has 1 atom stereocenters. The average molecular weight is 234 g/mol. The Bertz CT molecular complexity index is 496. The molecular formula is C12H14N2OS. The Labute approximate surface area is 98.5 Å². The Morgan fingerprint density at radius 1 is 1.44 bits per heavy atom. The molecule has 1 saturated heterocycles. The number of hydrogen-bond acceptors (Lipinski definition) is 4. The Morgan fingerprint density at radius 2 is 2.31 bits per heavy atom. The second kappa shape index (κ2) is 4.03. The van der Waals surface area contributed by atoms with Gasteiger partial charge in [0.05, 0.1) is 17.3 Å². The molecule has 84 valence electrons. The third kappa shape index (κ3) is 1.49. The maximum Gasteiger partial charge on any atom is 0.150 e. The lowest BCUT2D eigenvalue weighted by Crippen LogP contribution is -2.32. The van der Waals surface area contributed by atoms with Crippen molar-refractivity contribution in [2.45, 2.75) is 18.9 Å². The predicted octanol–water partition coefficient (Wildman–Crippen LogP) is 2.26. The highest BCUT2D eigenvalue weighted by molar-refractivity contribution is 7.13. The van der Waals surface area contributed by atoms with E-state index in [1.807, 2.05) is 12.1 Å². The summed E-state index contributed by atoms with van der Waals surface area (Å²) in [5, 5.41) is 10.6. The zero-order chi connectivity index (χ0) is 11.0. The van der Waals surface area contributed by atoms with Crippen molar-refractivity contribution in [3.63, 3.8) is 0 Å². The number of nitrogens with zero attached hydrogens (tertiary/aromatic N) is 2. The fourth-order valence-corrected chi connectivity index (χ4v) is 3.17. The summed E-state index contributed by atoms with van der Waals surface area (Å²) in [6.07, 6.45) is 2.22. The average Bonchev–Trinajstić information content (AvgIpc) is 2.94. The van der Waals surface area contributed by atoms with Crippen LogP contribution in [0.5, 0.6) is 0 Å². The van der Waals surface area contributed by atoms with Gasteiger partial charge in [-0.1, -0.05) is 12.1 Å². The molecule has 1 aromatic carbocycles. The Hall–Kier alpha value is -1.13. The van der Waals surface area contributed by atoms with E-state index in [1.165, 1.54) is 10.1 Å². The van der Waals surface area contributed by atoms with Crippen LogP contribution in [-0.2, 0) is 0 Å². The quantitative estimate of drug-likeness (QED) is 0.866. The first-order valence-electron chi connectivity index (χ1n) is 5.62. The van der Waals surface area contributed by atoms with Crippen LogP contribution in [0.15, 0.2) is 24.3 Å². The number of aliphatic hydroxyl groups excluding tert-OH is 1. The van der Waals surface area contributed by atoms with Crippen molar-refractivity contribution < 1.29 is 5.11 Å². The van der Waals surface area contributed by atoms with Crippen molar-refractivity contribution in [3.8, 4) is 0 Å². The molecular weight excluding hydrogens is 220 g/mol. The van der Waals surface area contributed by atoms with E-state index in [4.69, 9.17) is 0 Å². The zero-order valence-electron chi connectivity index (χ0n) is 8.97. The molecule has 0 radical (unpaired) electrons. The molecule has 1 aromatic heterocycles. The number of anilines is 1. The lowest BCUT2D eigenvalue weighted by Gasteiger charge is -2.22. The zero-order valence-corrected chi connectivity index (χ0v) is 9.78. The van der Waals surface area contributed by atoms with Crippen LogP contribution in [0.1, 0.15) is 12.8 Å². The lowest BCUT2D eigenvalue weighted by molar-refractivity contribution is 0.266. The highest BCUT2D eigenvalue weighted by Crippen LogP contribution is 2.33. The minimum absolute atomic E-state index is 0.228. The van der Waals surface area contributed by atoms with Crippen LogP contribution in [0.2, 0.25) is 0 Å². The molecule has 2 heterocycles. The molecule has 1 N–H and O–H groups in total. The van der Waals surface area contributed by atoms with Crippen LogP contribution < -0.4 is 4.90 Å². The highest BCUT2D eigenvalue weighted by atomic mass is 32.1. The first-order valence-corrected chi connectivity index (χ1v) is 6.39. The first-order chi connectivity index (χ1) is 7.90. The standard InChI is InChI=1S/C12H14N2OS/c15-8-9-4-3-7-14(9)12-10-5-1-2-6-11(10)16-13-12/h1-2,5-6,9,15H,3-4,7-8H2. The molecule has 0 saturated carbocycles. The summed E-state index contributed by atoms with van der Waals surface area (Å²) in [5.41, 5.74) is 0. The molecule has 0 spiro atoms. The summed E-state index contributed by atoms with van der Waals surface area (Å²) >= 11 is 1.54. The van der Waals surface area contributed by atoms with Gasteiger partial charge in [-0.25, -0.2) is 0 Å². The fourth-order valence-electron chi connectivity index (χ4n) is 2.38. The van der Waals surface area contributed by atoms with Gasteiger partial charge >= 0.3 is 0 Å². The number of fused-ring (bicyclic) bond motifs is 1. The van der Waals surface area contributed by atoms with Gasteiger partial charge < -0.3 is 10.0 Å². The fraction of sp³-hybridized carbons (Fsp3) is 0.417. The number of rotatable bonds is 2. The summed E-state index contributed by atoms with van der Waals surface area (Å²) in [5.74, 6) is 1.05. The van der Waals surface area contributed by atoms with E-state index in [0.717, 1.165) is 25.2 Å². The maximum absolute atomic E-state index is 9.34. The molecule has 4 heteroatoms. The molecule has 16 heavy (non-hydrogen) atoms. The molecule has 1 unspecified atom stereocenters. The van der Waals surface area contributed by atoms with Crippen molar-refractivity contribution >= 4 is 27.4 Å². The first kappa shape index (κ1) is 10.1. The molecule has 3 nitrogen and oxygen atoms in total. The van der Waals surface area contributed by atoms with Crippen molar-refractivity contribution in [2.24, 2.45) is 0 Å². The summed E-state index contributed by atoms with van der Waals surface area (Å²) in [6, 6.07) is 8.55. The summed E-state index contributed by atoms with van der Waals surface area (Å²) < 4.78 is 5.76. The van der Waals surface area contributed by atoms with E-state index in [9.17, 15) is 5.11 Å². The number of aliphatic hydroxyl groups is 1. The van der Waals surface area contributed by atoms with Gasteiger partial charge in [-0.3, -0.25) is 0 Å². The van der Waals surface area contributed by atoms with Crippen molar-refractivity contribution in [1.82, 2.24) is 4.37 Å². The Kier molecular flexibility index (Phi) is 2.53. The number of aromatic nitrogens is 1. The van der Waals surface area contributed by atoms with Crippen molar-refractivity contribution in [1.29, 1.82) is 0 Å². The van der Waals surface area contributed by atoms with Crippen molar-refractivity contribution in [2.75, 3.05) is 18.1 Å². The second-order valence-electron chi connectivity index (χ2n) is 4.17. The van der Waals surface area contributed by atoms with E-state index >= 15 is 0 Å². The van der Waals surface area contributed by atoms with Crippen LogP contribution in [0.25, 0.3) is 10.1 Å². The molecule has 0 bridgehead atoms. The topological polar surface area (TPSA) is 36.4 Å². The largest absolute Gasteiger partial charge is 0.394 e. The van der Waals surface area contributed by atoms with Gasteiger partial charge in [0.25, 0.3) is 0 Å². The SMILES string of the molecule is OCC1CCCN1c1nsc2ccccc12. The van der Waals surface area contributed by atoms with Gasteiger partial charge in [0.15, 0.2) is 0 Å². The predicted molar refractivity (Wildman–Crippen MR) is 67.1 cm³/mol. The summed E-state index contributed by atoms with van der Waals surface area (Å²) in [7, 11) is 0. The van der Waals surface area contributed by atoms with Crippen LogP contribution in [0, 0.1) is 0 Å². The lowest BCUT2D eigenvalue weighted by atomic mass is 10.2. The van der Waals surface area contributed by atoms with Crippen LogP contribution in [0.4, 0.5) is 5.82 Å². The molecule has 0 aliphatic carbocycles. The monoisotopic (exact) mass is 234 g/mol. The van der Waals surface area contributed by atoms with Gasteiger partial charge in [-0.2, -0.15) is 4.37 Å². The molecule has 1 aliphatic heterocycles. The number of benzene rings is 1. The van der Waals surface area contributed by atoms with E-state index in [1.54, 1.807) is 11.5 Å². The minimum Gasteiger partial charge on any atom is -0.394 e. The van der Waals surface area contributed by atoms with Gasteiger partial charge in [0.2, 0.25) is 0 Å². The minimum atomic E-state index is 0.228. The molecule has 0 amide bonds. The smallest absolute Gasteiger partial charge is 0.150 e. The van der Waals surface area contributed by atoms with E-state index in [-0.39, 0.29) is 12.6 Å². The third-order valence-corrected chi connectivity index (χ3v) is 4.04. The Balaban J connectivity index is 2.05. The van der Waals surface area contributed by atoms with Crippen LogP contribution >= 0.6 is 11.5 Å². The van der Waals surface area contributed by atoms with Gasteiger partial charge in [-0.05, 0) is 36.5 Å². The van der Waals surface area contributed by atoms with Gasteiger partial charge in [0, 0.05) is 11.9 Å². The summed E-state index contributed by atoms with van der Waals surface area (Å²) in [4.78, 5) is 2.25. The maximum atomic E-state index is 9.34. The molecule has 1 aliphatic rings.